The molecule has 2 atom stereocenters. The summed E-state index contributed by atoms with van der Waals surface area (Å²) < 4.78 is 0. The summed E-state index contributed by atoms with van der Waals surface area (Å²) in [6.45, 7) is 3.73. The van der Waals surface area contributed by atoms with Crippen LogP contribution >= 0.6 is 0 Å². The van der Waals surface area contributed by atoms with Gasteiger partial charge in [-0.1, -0.05) is 26.7 Å². The molecule has 19 heavy (non-hydrogen) atoms. The monoisotopic (exact) mass is 269 g/mol. The molecule has 2 fully saturated rings. The zero-order valence-electron chi connectivity index (χ0n) is 11.3. The molecule has 0 aromatic heterocycles. The van der Waals surface area contributed by atoms with Gasteiger partial charge in [-0.2, -0.15) is 0 Å². The van der Waals surface area contributed by atoms with Crippen LogP contribution in [-0.4, -0.2) is 22.8 Å². The van der Waals surface area contributed by atoms with E-state index < -0.39 is 5.97 Å². The number of nitrogens with zero attached hydrogens (tertiary/aromatic N) is 1. The van der Waals surface area contributed by atoms with Gasteiger partial charge >= 0.3 is 5.97 Å². The number of carbonyl (C=O) groups is 3. The van der Waals surface area contributed by atoms with E-state index in [0.717, 1.165) is 12.8 Å². The first-order valence-corrected chi connectivity index (χ1v) is 6.76. The third-order valence-electron chi connectivity index (χ3n) is 3.58. The highest BCUT2D eigenvalue weighted by Gasteiger charge is 2.50. The van der Waals surface area contributed by atoms with Gasteiger partial charge in [-0.15, -0.1) is 5.06 Å². The van der Waals surface area contributed by atoms with Crippen molar-refractivity contribution in [3.05, 3.63) is 0 Å². The van der Waals surface area contributed by atoms with Crippen molar-refractivity contribution < 1.29 is 24.3 Å². The summed E-state index contributed by atoms with van der Waals surface area (Å²) in [5.74, 6) is -1.82. The molecule has 6 nitrogen and oxygen atoms in total. The molecular weight excluding hydrogens is 250 g/mol. The summed E-state index contributed by atoms with van der Waals surface area (Å²) in [5, 5.41) is 0.624. The second kappa shape index (κ2) is 5.69. The second-order valence-corrected chi connectivity index (χ2v) is 5.60. The summed E-state index contributed by atoms with van der Waals surface area (Å²) in [7, 11) is 0. The van der Waals surface area contributed by atoms with Gasteiger partial charge in [0.1, 0.15) is 0 Å². The van der Waals surface area contributed by atoms with Crippen molar-refractivity contribution in [1.29, 1.82) is 0 Å². The highest BCUT2D eigenvalue weighted by molar-refractivity contribution is 6.04. The molecule has 0 bridgehead atoms. The average molecular weight is 269 g/mol. The molecule has 0 radical (unpaired) electrons. The van der Waals surface area contributed by atoms with Gasteiger partial charge in [-0.3, -0.25) is 14.5 Å². The van der Waals surface area contributed by atoms with Gasteiger partial charge in [-0.25, -0.2) is 4.79 Å². The van der Waals surface area contributed by atoms with Crippen molar-refractivity contribution in [3.63, 3.8) is 0 Å². The van der Waals surface area contributed by atoms with Crippen LogP contribution in [0.5, 0.6) is 0 Å². The molecule has 1 aliphatic carbocycles. The smallest absolute Gasteiger partial charge is 0.274 e. The van der Waals surface area contributed by atoms with E-state index in [9.17, 15) is 14.4 Å². The maximum absolute atomic E-state index is 12.0. The van der Waals surface area contributed by atoms with Crippen LogP contribution in [0.15, 0.2) is 0 Å². The molecule has 0 aromatic carbocycles. The lowest BCUT2D eigenvalue weighted by Crippen LogP contribution is -2.32. The number of hydroxylamine groups is 2. The van der Waals surface area contributed by atoms with Gasteiger partial charge in [0.05, 0.1) is 18.3 Å². The fourth-order valence-electron chi connectivity index (χ4n) is 2.65. The summed E-state index contributed by atoms with van der Waals surface area (Å²) in [4.78, 5) is 44.5. The number of imide groups is 1. The standard InChI is InChI=1S/C13H19NO5/c1-8(2)7-11(15)18-19-14-12(16)9-5-3-4-6-10(9)13(14)17/h8-10H,3-7H2,1-2H3. The predicted octanol–water partition coefficient (Wildman–Crippen LogP) is 1.60. The first-order valence-electron chi connectivity index (χ1n) is 6.76. The molecular formula is C13H19NO5. The normalized spacial score (nSPS) is 26.8. The van der Waals surface area contributed by atoms with Crippen molar-refractivity contribution >= 4 is 17.8 Å². The molecule has 1 saturated carbocycles. The summed E-state index contributed by atoms with van der Waals surface area (Å²) >= 11 is 0. The van der Waals surface area contributed by atoms with Crippen LogP contribution in [0.25, 0.3) is 0 Å². The van der Waals surface area contributed by atoms with Crippen LogP contribution in [0.2, 0.25) is 0 Å². The topological polar surface area (TPSA) is 72.9 Å². The van der Waals surface area contributed by atoms with E-state index in [1.165, 1.54) is 0 Å². The minimum Gasteiger partial charge on any atom is -0.274 e. The number of rotatable bonds is 4. The van der Waals surface area contributed by atoms with Gasteiger partial charge in [0.2, 0.25) is 0 Å². The zero-order chi connectivity index (χ0) is 14.0. The molecule has 2 amide bonds. The Morgan fingerprint density at radius 2 is 1.74 bits per heavy atom. The maximum Gasteiger partial charge on any atom is 0.345 e. The number of fused-ring (bicyclic) bond motifs is 1. The van der Waals surface area contributed by atoms with Gasteiger partial charge in [0, 0.05) is 0 Å². The van der Waals surface area contributed by atoms with Gasteiger partial charge in [0.25, 0.3) is 11.8 Å². The largest absolute Gasteiger partial charge is 0.345 e. The van der Waals surface area contributed by atoms with Crippen LogP contribution in [0.1, 0.15) is 46.0 Å². The number of hydrogen-bond acceptors (Lipinski definition) is 5. The SMILES string of the molecule is CC(C)CC(=O)OON1C(=O)C2CCCCC2C1=O. The quantitative estimate of drug-likeness (QED) is 0.440. The van der Waals surface area contributed by atoms with Crippen molar-refractivity contribution in [3.8, 4) is 0 Å². The summed E-state index contributed by atoms with van der Waals surface area (Å²) in [6.07, 6.45) is 3.48. The molecule has 0 spiro atoms. The predicted molar refractivity (Wildman–Crippen MR) is 63.9 cm³/mol. The molecule has 1 saturated heterocycles. The Morgan fingerprint density at radius 3 is 2.21 bits per heavy atom. The Labute approximate surface area is 111 Å². The molecule has 1 aliphatic heterocycles. The van der Waals surface area contributed by atoms with Crippen LogP contribution in [0, 0.1) is 17.8 Å². The van der Waals surface area contributed by atoms with Crippen molar-refractivity contribution in [2.24, 2.45) is 17.8 Å². The highest BCUT2D eigenvalue weighted by Crippen LogP contribution is 2.38. The third kappa shape index (κ3) is 2.94. The molecule has 2 rings (SSSR count). The van der Waals surface area contributed by atoms with E-state index >= 15 is 0 Å². The fourth-order valence-corrected chi connectivity index (χ4v) is 2.65. The molecule has 2 aliphatic rings. The van der Waals surface area contributed by atoms with E-state index in [2.05, 4.69) is 9.88 Å². The van der Waals surface area contributed by atoms with Crippen LogP contribution in [-0.2, 0) is 24.3 Å². The number of carbonyl (C=O) groups excluding carboxylic acids is 3. The van der Waals surface area contributed by atoms with Gasteiger partial charge in [-0.05, 0) is 23.7 Å². The Balaban J connectivity index is 1.92. The number of hydrogen-bond donors (Lipinski definition) is 0. The lowest BCUT2D eigenvalue weighted by atomic mass is 9.81. The van der Waals surface area contributed by atoms with E-state index in [0.29, 0.717) is 17.9 Å². The summed E-state index contributed by atoms with van der Waals surface area (Å²) in [6, 6.07) is 0. The van der Waals surface area contributed by atoms with E-state index in [1.54, 1.807) is 0 Å². The Morgan fingerprint density at radius 1 is 1.21 bits per heavy atom. The molecule has 106 valence electrons. The fraction of sp³-hybridized carbons (Fsp3) is 0.769. The average Bonchev–Trinajstić information content (AvgIpc) is 2.60. The zero-order valence-corrected chi connectivity index (χ0v) is 11.3. The minimum absolute atomic E-state index is 0.128. The van der Waals surface area contributed by atoms with Crippen LogP contribution < -0.4 is 0 Å². The number of amides is 2. The minimum atomic E-state index is -0.578. The molecule has 2 unspecified atom stereocenters. The van der Waals surface area contributed by atoms with Crippen molar-refractivity contribution in [2.45, 2.75) is 46.0 Å². The third-order valence-corrected chi connectivity index (χ3v) is 3.58. The molecule has 0 N–H and O–H groups in total. The molecule has 6 heteroatoms. The van der Waals surface area contributed by atoms with Crippen molar-refractivity contribution in [1.82, 2.24) is 5.06 Å². The van der Waals surface area contributed by atoms with E-state index in [-0.39, 0.29) is 36.0 Å². The molecule has 1 heterocycles. The Kier molecular flexibility index (Phi) is 4.19. The second-order valence-electron chi connectivity index (χ2n) is 5.60. The van der Waals surface area contributed by atoms with Crippen LogP contribution in [0.4, 0.5) is 0 Å². The first-order chi connectivity index (χ1) is 9.00. The molecule has 0 aromatic rings. The Bertz CT molecular complexity index is 368. The summed E-state index contributed by atoms with van der Waals surface area (Å²) in [5.41, 5.74) is 0. The van der Waals surface area contributed by atoms with Crippen LogP contribution in [0.3, 0.4) is 0 Å². The highest BCUT2D eigenvalue weighted by atomic mass is 17.3. The Hall–Kier alpha value is -1.43. The van der Waals surface area contributed by atoms with E-state index in [1.807, 2.05) is 13.8 Å². The lowest BCUT2D eigenvalue weighted by molar-refractivity contribution is -0.366. The van der Waals surface area contributed by atoms with Crippen molar-refractivity contribution in [2.75, 3.05) is 0 Å². The first kappa shape index (κ1) is 14.0. The van der Waals surface area contributed by atoms with Gasteiger partial charge < -0.3 is 0 Å². The lowest BCUT2D eigenvalue weighted by Gasteiger charge is -2.19. The maximum atomic E-state index is 12.0. The van der Waals surface area contributed by atoms with E-state index in [4.69, 9.17) is 0 Å². The van der Waals surface area contributed by atoms with Gasteiger partial charge in [0.15, 0.2) is 0 Å².